The van der Waals surface area contributed by atoms with Crippen LogP contribution in [0.3, 0.4) is 0 Å². The van der Waals surface area contributed by atoms with Gasteiger partial charge in [-0.1, -0.05) is 12.8 Å². The van der Waals surface area contributed by atoms with E-state index in [1.807, 2.05) is 0 Å². The van der Waals surface area contributed by atoms with Crippen molar-refractivity contribution in [2.45, 2.75) is 45.6 Å². The fourth-order valence-corrected chi connectivity index (χ4v) is 2.82. The molecule has 22 heavy (non-hydrogen) atoms. The van der Waals surface area contributed by atoms with E-state index in [1.54, 1.807) is 13.8 Å². The number of carbonyl (C=O) groups excluding carboxylic acids is 3. The Balaban J connectivity index is 2.07. The zero-order chi connectivity index (χ0) is 16.1. The maximum atomic E-state index is 12.0. The quantitative estimate of drug-likeness (QED) is 0.745. The first kappa shape index (κ1) is 16.3. The summed E-state index contributed by atoms with van der Waals surface area (Å²) in [7, 11) is 0. The summed E-state index contributed by atoms with van der Waals surface area (Å²) >= 11 is 0. The molecule has 2 amide bonds. The molecule has 1 aliphatic carbocycles. The largest absolute Gasteiger partial charge is 0.463 e. The van der Waals surface area contributed by atoms with Crippen molar-refractivity contribution in [2.24, 2.45) is 5.92 Å². The van der Waals surface area contributed by atoms with Gasteiger partial charge in [-0.25, -0.2) is 9.59 Å². The molecule has 0 saturated heterocycles. The molecule has 1 aliphatic heterocycles. The van der Waals surface area contributed by atoms with Crippen LogP contribution in [0.25, 0.3) is 0 Å². The van der Waals surface area contributed by atoms with Crippen molar-refractivity contribution in [1.29, 1.82) is 0 Å². The molecular formula is C15H22N2O5. The lowest BCUT2D eigenvalue weighted by Crippen LogP contribution is -2.50. The van der Waals surface area contributed by atoms with Gasteiger partial charge in [-0.3, -0.25) is 4.79 Å². The van der Waals surface area contributed by atoms with E-state index in [4.69, 9.17) is 9.47 Å². The Morgan fingerprint density at radius 3 is 2.55 bits per heavy atom. The molecule has 122 valence electrons. The maximum absolute atomic E-state index is 12.0. The lowest BCUT2D eigenvalue weighted by molar-refractivity contribution is -0.147. The van der Waals surface area contributed by atoms with Gasteiger partial charge in [0, 0.05) is 0 Å². The second kappa shape index (κ2) is 7.29. The number of ether oxygens (including phenoxy) is 2. The molecular weight excluding hydrogens is 288 g/mol. The number of hydrogen-bond acceptors (Lipinski definition) is 5. The molecule has 0 bridgehead atoms. The molecule has 2 rings (SSSR count). The third-order valence-corrected chi connectivity index (χ3v) is 3.91. The highest BCUT2D eigenvalue weighted by molar-refractivity contribution is 5.94. The predicted octanol–water partition coefficient (Wildman–Crippen LogP) is 1.24. The van der Waals surface area contributed by atoms with Crippen molar-refractivity contribution in [3.8, 4) is 0 Å². The summed E-state index contributed by atoms with van der Waals surface area (Å²) in [6, 6.07) is -0.916. The van der Waals surface area contributed by atoms with Crippen LogP contribution in [-0.2, 0) is 19.1 Å². The minimum atomic E-state index is -0.519. The van der Waals surface area contributed by atoms with Crippen LogP contribution < -0.4 is 10.6 Å². The molecule has 2 aliphatic rings. The third-order valence-electron chi connectivity index (χ3n) is 3.91. The molecule has 0 spiro atoms. The van der Waals surface area contributed by atoms with Crippen molar-refractivity contribution >= 4 is 18.0 Å². The number of esters is 2. The Hall–Kier alpha value is -2.05. The lowest BCUT2D eigenvalue weighted by Gasteiger charge is -2.26. The van der Waals surface area contributed by atoms with Gasteiger partial charge in [-0.05, 0) is 26.7 Å². The van der Waals surface area contributed by atoms with E-state index in [2.05, 4.69) is 10.6 Å². The van der Waals surface area contributed by atoms with Gasteiger partial charge in [0.2, 0.25) is 0 Å². The van der Waals surface area contributed by atoms with E-state index < -0.39 is 18.0 Å². The zero-order valence-corrected chi connectivity index (χ0v) is 12.9. The average molecular weight is 310 g/mol. The Kier molecular flexibility index (Phi) is 5.41. The van der Waals surface area contributed by atoms with E-state index in [9.17, 15) is 14.4 Å². The van der Waals surface area contributed by atoms with Gasteiger partial charge in [-0.2, -0.15) is 0 Å². The van der Waals surface area contributed by atoms with Gasteiger partial charge >= 0.3 is 18.0 Å². The van der Waals surface area contributed by atoms with E-state index in [0.717, 1.165) is 25.7 Å². The van der Waals surface area contributed by atoms with Crippen molar-refractivity contribution in [2.75, 3.05) is 13.2 Å². The molecule has 7 heteroatoms. The topological polar surface area (TPSA) is 93.7 Å². The Labute approximate surface area is 129 Å². The van der Waals surface area contributed by atoms with Crippen LogP contribution in [0.2, 0.25) is 0 Å². The molecule has 7 nitrogen and oxygen atoms in total. The van der Waals surface area contributed by atoms with Crippen LogP contribution in [0.4, 0.5) is 4.79 Å². The van der Waals surface area contributed by atoms with Crippen molar-refractivity contribution in [3.05, 3.63) is 11.3 Å². The summed E-state index contributed by atoms with van der Waals surface area (Å²) in [5.74, 6) is -0.857. The second-order valence-electron chi connectivity index (χ2n) is 5.52. The number of urea groups is 1. The average Bonchev–Trinajstić information content (AvgIpc) is 2.98. The van der Waals surface area contributed by atoms with Crippen LogP contribution in [0.5, 0.6) is 0 Å². The van der Waals surface area contributed by atoms with E-state index in [0.29, 0.717) is 11.3 Å². The highest BCUT2D eigenvalue weighted by Crippen LogP contribution is 2.26. The number of nitrogens with one attached hydrogen (secondary N) is 2. The van der Waals surface area contributed by atoms with Crippen LogP contribution in [-0.4, -0.2) is 37.2 Å². The molecule has 2 N–H and O–H groups in total. The van der Waals surface area contributed by atoms with E-state index in [-0.39, 0.29) is 25.1 Å². The minimum absolute atomic E-state index is 0.0681. The molecule has 1 saturated carbocycles. The highest BCUT2D eigenvalue weighted by atomic mass is 16.5. The molecule has 1 atom stereocenters. The Morgan fingerprint density at radius 2 is 1.91 bits per heavy atom. The smallest absolute Gasteiger partial charge is 0.338 e. The SMILES string of the molecule is CCOC(=O)C1=C(COC(=O)C2CCCC2)NC(=O)N[C@@H]1C. The summed E-state index contributed by atoms with van der Waals surface area (Å²) in [5.41, 5.74) is 0.585. The van der Waals surface area contributed by atoms with Gasteiger partial charge in [-0.15, -0.1) is 0 Å². The number of rotatable bonds is 5. The summed E-state index contributed by atoms with van der Waals surface area (Å²) in [5, 5.41) is 5.13. The van der Waals surface area contributed by atoms with Crippen molar-refractivity contribution < 1.29 is 23.9 Å². The normalized spacial score (nSPS) is 22.1. The summed E-state index contributed by atoms with van der Waals surface area (Å²) in [6.07, 6.45) is 3.75. The van der Waals surface area contributed by atoms with Crippen LogP contribution >= 0.6 is 0 Å². The predicted molar refractivity (Wildman–Crippen MR) is 77.7 cm³/mol. The number of hydrogen-bond donors (Lipinski definition) is 2. The van der Waals surface area contributed by atoms with Crippen LogP contribution in [0, 0.1) is 5.92 Å². The van der Waals surface area contributed by atoms with E-state index in [1.165, 1.54) is 0 Å². The first-order valence-corrected chi connectivity index (χ1v) is 7.67. The summed E-state index contributed by atoms with van der Waals surface area (Å²) in [6.45, 7) is 3.50. The molecule has 0 aromatic carbocycles. The highest BCUT2D eigenvalue weighted by Gasteiger charge is 2.31. The fourth-order valence-electron chi connectivity index (χ4n) is 2.82. The number of amides is 2. The molecule has 0 aromatic rings. The van der Waals surface area contributed by atoms with Gasteiger partial charge in [0.1, 0.15) is 6.61 Å². The zero-order valence-electron chi connectivity index (χ0n) is 12.9. The molecule has 0 unspecified atom stereocenters. The third kappa shape index (κ3) is 3.78. The van der Waals surface area contributed by atoms with Gasteiger partial charge < -0.3 is 20.1 Å². The van der Waals surface area contributed by atoms with Gasteiger partial charge in [0.25, 0.3) is 0 Å². The fraction of sp³-hybridized carbons (Fsp3) is 0.667. The monoisotopic (exact) mass is 310 g/mol. The lowest BCUT2D eigenvalue weighted by atomic mass is 10.0. The van der Waals surface area contributed by atoms with Crippen molar-refractivity contribution in [1.82, 2.24) is 10.6 Å². The number of carbonyl (C=O) groups is 3. The Morgan fingerprint density at radius 1 is 1.23 bits per heavy atom. The first-order valence-electron chi connectivity index (χ1n) is 7.67. The second-order valence-corrected chi connectivity index (χ2v) is 5.52. The van der Waals surface area contributed by atoms with E-state index >= 15 is 0 Å². The molecule has 0 aromatic heterocycles. The standard InChI is InChI=1S/C15H22N2O5/c1-3-21-14(19)12-9(2)16-15(20)17-11(12)8-22-13(18)10-6-4-5-7-10/h9-10H,3-8H2,1-2H3,(H2,16,17,20)/t9-/m1/s1. The van der Waals surface area contributed by atoms with Crippen molar-refractivity contribution in [3.63, 3.8) is 0 Å². The van der Waals surface area contributed by atoms with Crippen LogP contribution in [0.15, 0.2) is 11.3 Å². The minimum Gasteiger partial charge on any atom is -0.463 e. The summed E-state index contributed by atoms with van der Waals surface area (Å²) < 4.78 is 10.3. The van der Waals surface area contributed by atoms with Gasteiger partial charge in [0.15, 0.2) is 0 Å². The molecule has 0 radical (unpaired) electrons. The Bertz CT molecular complexity index is 494. The van der Waals surface area contributed by atoms with Gasteiger partial charge in [0.05, 0.1) is 29.8 Å². The first-order chi connectivity index (χ1) is 10.5. The molecule has 1 heterocycles. The molecule has 1 fully saturated rings. The summed E-state index contributed by atoms with van der Waals surface area (Å²) in [4.78, 5) is 35.5. The van der Waals surface area contributed by atoms with Crippen LogP contribution in [0.1, 0.15) is 39.5 Å². The maximum Gasteiger partial charge on any atom is 0.338 e.